The number of amides is 1. The fourth-order valence-electron chi connectivity index (χ4n) is 4.44. The highest BCUT2D eigenvalue weighted by Gasteiger charge is 2.44. The quantitative estimate of drug-likeness (QED) is 0.848. The Morgan fingerprint density at radius 3 is 2.50 bits per heavy atom. The lowest BCUT2D eigenvalue weighted by molar-refractivity contribution is -0.161. The van der Waals surface area contributed by atoms with E-state index in [4.69, 9.17) is 0 Å². The molecule has 4 nitrogen and oxygen atoms in total. The smallest absolute Gasteiger partial charge is 0.255 e. The summed E-state index contributed by atoms with van der Waals surface area (Å²) in [5.74, 6) is 0.677. The molecule has 1 N–H and O–H groups in total. The topological polar surface area (TPSA) is 43.8 Å². The van der Waals surface area contributed by atoms with Crippen molar-refractivity contribution in [3.8, 4) is 0 Å². The maximum absolute atomic E-state index is 12.8. The van der Waals surface area contributed by atoms with Crippen LogP contribution in [0.3, 0.4) is 0 Å². The molecule has 4 heteroatoms. The lowest BCUT2D eigenvalue weighted by Crippen LogP contribution is -2.60. The van der Waals surface area contributed by atoms with Crippen molar-refractivity contribution in [1.29, 1.82) is 0 Å². The highest BCUT2D eigenvalue weighted by molar-refractivity contribution is 5.86. The summed E-state index contributed by atoms with van der Waals surface area (Å²) in [6.45, 7) is 2.22. The Kier molecular flexibility index (Phi) is 5.08. The third-order valence-electron chi connectivity index (χ3n) is 6.12. The molecule has 0 radical (unpaired) electrons. The number of carbonyl (C=O) groups excluding carboxylic acids is 1. The molecule has 126 valence electrons. The van der Waals surface area contributed by atoms with Crippen molar-refractivity contribution in [2.24, 2.45) is 5.92 Å². The van der Waals surface area contributed by atoms with Crippen LogP contribution in [0.5, 0.6) is 0 Å². The predicted molar refractivity (Wildman–Crippen MR) is 87.6 cm³/mol. The van der Waals surface area contributed by atoms with E-state index in [1.807, 2.05) is 4.90 Å². The number of piperidine rings is 1. The Bertz CT molecular complexity index is 391. The van der Waals surface area contributed by atoms with Crippen LogP contribution in [0.1, 0.15) is 64.2 Å². The number of carbonyl (C=O) groups is 1. The molecule has 0 aromatic carbocycles. The van der Waals surface area contributed by atoms with Crippen LogP contribution >= 0.6 is 0 Å². The van der Waals surface area contributed by atoms with Crippen LogP contribution in [-0.2, 0) is 4.79 Å². The lowest BCUT2D eigenvalue weighted by Gasteiger charge is -2.44. The standard InChI is InChI=1S/C18H32N2O2/c1-19(16-9-3-2-4-10-16)14-18(22)11-6-12-20(17(18)21)13-15-7-5-8-15/h15-16,22H,2-14H2,1H3/t18-/m0/s1. The minimum atomic E-state index is -1.14. The van der Waals surface area contributed by atoms with Gasteiger partial charge in [-0.05, 0) is 51.5 Å². The molecule has 0 spiro atoms. The number of hydrogen-bond donors (Lipinski definition) is 1. The number of likely N-dealkylation sites (N-methyl/N-ethyl adjacent to an activating group) is 1. The van der Waals surface area contributed by atoms with E-state index in [2.05, 4.69) is 11.9 Å². The molecule has 0 aromatic heterocycles. The second-order valence-corrected chi connectivity index (χ2v) is 7.89. The van der Waals surface area contributed by atoms with Crippen LogP contribution in [0.4, 0.5) is 0 Å². The molecule has 1 atom stereocenters. The normalized spacial score (nSPS) is 31.6. The van der Waals surface area contributed by atoms with Gasteiger partial charge < -0.3 is 14.9 Å². The van der Waals surface area contributed by atoms with Gasteiger partial charge in [0.15, 0.2) is 5.60 Å². The zero-order valence-electron chi connectivity index (χ0n) is 14.1. The second kappa shape index (κ2) is 6.88. The molecule has 3 aliphatic rings. The molecule has 3 rings (SSSR count). The first-order chi connectivity index (χ1) is 10.6. The number of nitrogens with zero attached hydrogens (tertiary/aromatic N) is 2. The van der Waals surface area contributed by atoms with E-state index in [-0.39, 0.29) is 5.91 Å². The SMILES string of the molecule is CN(C[C@@]1(O)CCCN(CC2CCC2)C1=O)C1CCCCC1. The fraction of sp³-hybridized carbons (Fsp3) is 0.944. The minimum Gasteiger partial charge on any atom is -0.379 e. The van der Waals surface area contributed by atoms with Crippen molar-refractivity contribution in [2.45, 2.75) is 75.9 Å². The van der Waals surface area contributed by atoms with Crippen LogP contribution in [0.25, 0.3) is 0 Å². The molecule has 1 heterocycles. The van der Waals surface area contributed by atoms with E-state index in [0.717, 1.165) is 19.5 Å². The third kappa shape index (κ3) is 3.48. The van der Waals surface area contributed by atoms with Crippen LogP contribution in [0.2, 0.25) is 0 Å². The number of rotatable bonds is 5. The Balaban J connectivity index is 1.58. The van der Waals surface area contributed by atoms with Gasteiger partial charge in [-0.3, -0.25) is 4.79 Å². The van der Waals surface area contributed by atoms with E-state index in [0.29, 0.717) is 24.9 Å². The van der Waals surface area contributed by atoms with Crippen molar-refractivity contribution in [3.05, 3.63) is 0 Å². The molecular weight excluding hydrogens is 276 g/mol. The van der Waals surface area contributed by atoms with E-state index in [1.165, 1.54) is 51.4 Å². The van der Waals surface area contributed by atoms with E-state index in [1.54, 1.807) is 0 Å². The molecule has 1 amide bonds. The zero-order chi connectivity index (χ0) is 15.6. The molecule has 1 saturated heterocycles. The first-order valence-corrected chi connectivity index (χ1v) is 9.30. The Morgan fingerprint density at radius 1 is 1.14 bits per heavy atom. The van der Waals surface area contributed by atoms with E-state index in [9.17, 15) is 9.90 Å². The summed E-state index contributed by atoms with van der Waals surface area (Å²) in [6.07, 6.45) is 11.7. The van der Waals surface area contributed by atoms with Crippen LogP contribution in [-0.4, -0.2) is 59.1 Å². The summed E-state index contributed by atoms with van der Waals surface area (Å²) >= 11 is 0. The molecule has 1 aliphatic heterocycles. The molecule has 2 saturated carbocycles. The van der Waals surface area contributed by atoms with Gasteiger partial charge in [-0.25, -0.2) is 0 Å². The minimum absolute atomic E-state index is 0.00619. The predicted octanol–water partition coefficient (Wildman–Crippen LogP) is 2.40. The first kappa shape index (κ1) is 16.3. The Hall–Kier alpha value is -0.610. The fourth-order valence-corrected chi connectivity index (χ4v) is 4.44. The maximum Gasteiger partial charge on any atom is 0.255 e. The van der Waals surface area contributed by atoms with Crippen molar-refractivity contribution in [2.75, 3.05) is 26.7 Å². The zero-order valence-corrected chi connectivity index (χ0v) is 14.1. The molecule has 2 aliphatic carbocycles. The van der Waals surface area contributed by atoms with E-state index < -0.39 is 5.60 Å². The van der Waals surface area contributed by atoms with Gasteiger partial charge in [-0.15, -0.1) is 0 Å². The average Bonchev–Trinajstić information content (AvgIpc) is 2.48. The van der Waals surface area contributed by atoms with Gasteiger partial charge in [0.25, 0.3) is 5.91 Å². The van der Waals surface area contributed by atoms with Crippen molar-refractivity contribution >= 4 is 5.91 Å². The second-order valence-electron chi connectivity index (χ2n) is 7.89. The monoisotopic (exact) mass is 308 g/mol. The van der Waals surface area contributed by atoms with E-state index >= 15 is 0 Å². The van der Waals surface area contributed by atoms with Gasteiger partial charge in [0.2, 0.25) is 0 Å². The molecule has 22 heavy (non-hydrogen) atoms. The summed E-state index contributed by atoms with van der Waals surface area (Å²) < 4.78 is 0. The van der Waals surface area contributed by atoms with Gasteiger partial charge in [0.1, 0.15) is 0 Å². The molecule has 0 unspecified atom stereocenters. The third-order valence-corrected chi connectivity index (χ3v) is 6.12. The summed E-state index contributed by atoms with van der Waals surface area (Å²) in [6, 6.07) is 0.549. The summed E-state index contributed by atoms with van der Waals surface area (Å²) in [4.78, 5) is 17.0. The lowest BCUT2D eigenvalue weighted by atomic mass is 9.83. The van der Waals surface area contributed by atoms with Crippen LogP contribution < -0.4 is 0 Å². The van der Waals surface area contributed by atoms with Gasteiger partial charge in [-0.2, -0.15) is 0 Å². The Labute approximate surface area is 134 Å². The molecule has 0 bridgehead atoms. The van der Waals surface area contributed by atoms with Crippen molar-refractivity contribution < 1.29 is 9.90 Å². The number of hydrogen-bond acceptors (Lipinski definition) is 3. The first-order valence-electron chi connectivity index (χ1n) is 9.30. The van der Waals surface area contributed by atoms with Gasteiger partial charge in [0, 0.05) is 25.7 Å². The summed E-state index contributed by atoms with van der Waals surface area (Å²) in [5, 5.41) is 11.0. The molecule has 3 fully saturated rings. The van der Waals surface area contributed by atoms with Gasteiger partial charge in [-0.1, -0.05) is 25.7 Å². The Morgan fingerprint density at radius 2 is 1.86 bits per heavy atom. The largest absolute Gasteiger partial charge is 0.379 e. The van der Waals surface area contributed by atoms with Crippen LogP contribution in [0.15, 0.2) is 0 Å². The number of aliphatic hydroxyl groups is 1. The molecule has 0 aromatic rings. The highest BCUT2D eigenvalue weighted by Crippen LogP contribution is 2.31. The molecular formula is C18H32N2O2. The number of likely N-dealkylation sites (tertiary alicyclic amines) is 1. The summed E-state index contributed by atoms with van der Waals surface area (Å²) in [5.41, 5.74) is -1.14. The average molecular weight is 308 g/mol. The van der Waals surface area contributed by atoms with Gasteiger partial charge in [0.05, 0.1) is 0 Å². The van der Waals surface area contributed by atoms with Crippen LogP contribution in [0, 0.1) is 5.92 Å². The maximum atomic E-state index is 12.8. The van der Waals surface area contributed by atoms with Crippen molar-refractivity contribution in [3.63, 3.8) is 0 Å². The van der Waals surface area contributed by atoms with Gasteiger partial charge >= 0.3 is 0 Å². The highest BCUT2D eigenvalue weighted by atomic mass is 16.3. The summed E-state index contributed by atoms with van der Waals surface area (Å²) in [7, 11) is 2.09. The van der Waals surface area contributed by atoms with Crippen molar-refractivity contribution in [1.82, 2.24) is 9.80 Å².